The maximum atomic E-state index is 14.2. The van der Waals surface area contributed by atoms with E-state index in [2.05, 4.69) is 9.97 Å². The number of nitrogens with zero attached hydrogens (tertiary/aromatic N) is 3. The monoisotopic (exact) mass is 375 g/mol. The summed E-state index contributed by atoms with van der Waals surface area (Å²) in [6, 6.07) is 9.10. The summed E-state index contributed by atoms with van der Waals surface area (Å²) in [4.78, 5) is 21.9. The molecular weight excluding hydrogens is 357 g/mol. The lowest BCUT2D eigenvalue weighted by atomic mass is 10.1. The number of halogens is 2. The minimum Gasteiger partial charge on any atom is -0.444 e. The van der Waals surface area contributed by atoms with Crippen molar-refractivity contribution in [3.05, 3.63) is 65.0 Å². The number of ether oxygens (including phenoxy) is 1. The van der Waals surface area contributed by atoms with Gasteiger partial charge >= 0.3 is 6.09 Å². The predicted molar refractivity (Wildman–Crippen MR) is 97.1 cm³/mol. The van der Waals surface area contributed by atoms with Crippen LogP contribution in [0.1, 0.15) is 38.1 Å². The third kappa shape index (κ3) is 4.02. The van der Waals surface area contributed by atoms with Gasteiger partial charge in [-0.05, 0) is 43.5 Å². The fraction of sp³-hybridized carbons (Fsp3) is 0.316. The zero-order chi connectivity index (χ0) is 18.9. The maximum absolute atomic E-state index is 14.2. The lowest BCUT2D eigenvalue weighted by molar-refractivity contribution is 0.0242. The number of amides is 1. The molecule has 0 saturated carbocycles. The first-order valence-corrected chi connectivity index (χ1v) is 8.56. The molecule has 1 aliphatic rings. The van der Waals surface area contributed by atoms with Gasteiger partial charge in [0.05, 0.1) is 18.8 Å². The molecule has 1 atom stereocenters. The average molecular weight is 376 g/mol. The quantitative estimate of drug-likeness (QED) is 0.717. The molecule has 0 aliphatic carbocycles. The van der Waals surface area contributed by atoms with E-state index in [0.717, 1.165) is 11.8 Å². The van der Waals surface area contributed by atoms with Crippen LogP contribution in [-0.2, 0) is 4.74 Å². The number of carbonyl (C=O) groups is 1. The molecule has 0 bridgehead atoms. The zero-order valence-corrected chi connectivity index (χ0v) is 15.5. The molecule has 3 rings (SSSR count). The molecule has 0 N–H and O–H groups in total. The summed E-state index contributed by atoms with van der Waals surface area (Å²) in [6.07, 6.45) is 2.36. The average Bonchev–Trinajstić information content (AvgIpc) is 3.01. The fourth-order valence-corrected chi connectivity index (χ4v) is 2.90. The second-order valence-corrected chi connectivity index (χ2v) is 7.33. The van der Waals surface area contributed by atoms with E-state index in [0.29, 0.717) is 5.57 Å². The lowest BCUT2D eigenvalue weighted by Crippen LogP contribution is -2.37. The van der Waals surface area contributed by atoms with Crippen molar-refractivity contribution in [1.82, 2.24) is 14.9 Å². The standard InChI is InChI=1S/C19H19ClFN3O2/c1-19(2,3)26-18(25)24-11-13(16-14(21)10-22-17(20)23-16)9-15(24)12-7-5-4-6-8-12/h4-10,15H,11H2,1-3H3/t15-/m0/s1. The van der Waals surface area contributed by atoms with Crippen molar-refractivity contribution in [3.63, 3.8) is 0 Å². The molecule has 2 heterocycles. The second-order valence-electron chi connectivity index (χ2n) is 6.99. The maximum Gasteiger partial charge on any atom is 0.411 e. The Morgan fingerprint density at radius 2 is 2.00 bits per heavy atom. The molecule has 2 aromatic rings. The van der Waals surface area contributed by atoms with Crippen molar-refractivity contribution in [2.45, 2.75) is 32.4 Å². The van der Waals surface area contributed by atoms with Gasteiger partial charge in [-0.1, -0.05) is 36.4 Å². The Bertz CT molecular complexity index is 850. The van der Waals surface area contributed by atoms with Gasteiger partial charge < -0.3 is 4.74 Å². The highest BCUT2D eigenvalue weighted by Gasteiger charge is 2.35. The summed E-state index contributed by atoms with van der Waals surface area (Å²) in [5, 5.41) is -0.0470. The van der Waals surface area contributed by atoms with Crippen LogP contribution in [0.2, 0.25) is 5.28 Å². The molecule has 0 unspecified atom stereocenters. The first-order valence-electron chi connectivity index (χ1n) is 8.18. The van der Waals surface area contributed by atoms with Crippen molar-refractivity contribution in [2.75, 3.05) is 6.54 Å². The van der Waals surface area contributed by atoms with Crippen LogP contribution in [-0.4, -0.2) is 33.1 Å². The van der Waals surface area contributed by atoms with Crippen LogP contribution in [0.15, 0.2) is 42.6 Å². The largest absolute Gasteiger partial charge is 0.444 e. The zero-order valence-electron chi connectivity index (χ0n) is 14.7. The SMILES string of the molecule is CC(C)(C)OC(=O)N1CC(c2nc(Cl)ncc2F)=C[C@H]1c1ccccc1. The van der Waals surface area contributed by atoms with Crippen molar-refractivity contribution in [3.8, 4) is 0 Å². The summed E-state index contributed by atoms with van der Waals surface area (Å²) in [5.74, 6) is -0.585. The van der Waals surface area contributed by atoms with E-state index in [4.69, 9.17) is 16.3 Å². The van der Waals surface area contributed by atoms with Gasteiger partial charge in [0, 0.05) is 0 Å². The van der Waals surface area contributed by atoms with Crippen LogP contribution in [0, 0.1) is 5.82 Å². The molecule has 1 aromatic carbocycles. The number of aromatic nitrogens is 2. The van der Waals surface area contributed by atoms with Gasteiger partial charge in [-0.2, -0.15) is 0 Å². The highest BCUT2D eigenvalue weighted by Crippen LogP contribution is 2.35. The van der Waals surface area contributed by atoms with Crippen LogP contribution >= 0.6 is 11.6 Å². The number of hydrogen-bond donors (Lipinski definition) is 0. The Morgan fingerprint density at radius 3 is 2.65 bits per heavy atom. The molecule has 1 aromatic heterocycles. The molecule has 1 aliphatic heterocycles. The Labute approximate surface area is 156 Å². The van der Waals surface area contributed by atoms with E-state index in [9.17, 15) is 9.18 Å². The van der Waals surface area contributed by atoms with E-state index in [1.807, 2.05) is 30.3 Å². The first kappa shape index (κ1) is 18.3. The normalized spacial score (nSPS) is 17.2. The Kier molecular flexibility index (Phi) is 4.96. The Balaban J connectivity index is 1.98. The highest BCUT2D eigenvalue weighted by molar-refractivity contribution is 6.28. The van der Waals surface area contributed by atoms with Gasteiger partial charge in [-0.15, -0.1) is 0 Å². The topological polar surface area (TPSA) is 55.3 Å². The van der Waals surface area contributed by atoms with Crippen LogP contribution in [0.3, 0.4) is 0 Å². The lowest BCUT2D eigenvalue weighted by Gasteiger charge is -2.29. The molecule has 5 nitrogen and oxygen atoms in total. The molecule has 0 radical (unpaired) electrons. The van der Waals surface area contributed by atoms with Gasteiger partial charge in [0.2, 0.25) is 5.28 Å². The van der Waals surface area contributed by atoms with E-state index in [-0.39, 0.29) is 23.6 Å². The van der Waals surface area contributed by atoms with E-state index in [1.165, 1.54) is 0 Å². The van der Waals surface area contributed by atoms with Crippen molar-refractivity contribution in [2.24, 2.45) is 0 Å². The van der Waals surface area contributed by atoms with E-state index < -0.39 is 17.5 Å². The van der Waals surface area contributed by atoms with Gasteiger partial charge in [0.25, 0.3) is 0 Å². The molecule has 0 fully saturated rings. The van der Waals surface area contributed by atoms with E-state index >= 15 is 0 Å². The smallest absolute Gasteiger partial charge is 0.411 e. The Hall–Kier alpha value is -2.47. The fourth-order valence-electron chi connectivity index (χ4n) is 2.76. The summed E-state index contributed by atoms with van der Waals surface area (Å²) in [6.45, 7) is 5.57. The Morgan fingerprint density at radius 1 is 1.31 bits per heavy atom. The van der Waals surface area contributed by atoms with Crippen molar-refractivity contribution < 1.29 is 13.9 Å². The van der Waals surface area contributed by atoms with Gasteiger partial charge in [-0.3, -0.25) is 4.90 Å². The predicted octanol–water partition coefficient (Wildman–Crippen LogP) is 4.64. The molecule has 7 heteroatoms. The molecule has 0 saturated heterocycles. The summed E-state index contributed by atoms with van der Waals surface area (Å²) in [7, 11) is 0. The summed E-state index contributed by atoms with van der Waals surface area (Å²) in [5.41, 5.74) is 0.919. The number of hydrogen-bond acceptors (Lipinski definition) is 4. The first-order chi connectivity index (χ1) is 12.2. The number of rotatable bonds is 2. The highest BCUT2D eigenvalue weighted by atomic mass is 35.5. The van der Waals surface area contributed by atoms with Crippen molar-refractivity contribution in [1.29, 1.82) is 0 Å². The number of carbonyl (C=O) groups excluding carboxylic acids is 1. The second kappa shape index (κ2) is 7.03. The van der Waals surface area contributed by atoms with Gasteiger partial charge in [0.15, 0.2) is 5.82 Å². The van der Waals surface area contributed by atoms with E-state index in [1.54, 1.807) is 31.7 Å². The van der Waals surface area contributed by atoms with Crippen LogP contribution in [0.4, 0.5) is 9.18 Å². The van der Waals surface area contributed by atoms with Crippen LogP contribution < -0.4 is 0 Å². The third-order valence-electron chi connectivity index (χ3n) is 3.82. The van der Waals surface area contributed by atoms with Gasteiger partial charge in [-0.25, -0.2) is 19.2 Å². The number of benzene rings is 1. The molecule has 1 amide bonds. The van der Waals surface area contributed by atoms with Crippen LogP contribution in [0.5, 0.6) is 0 Å². The van der Waals surface area contributed by atoms with Crippen molar-refractivity contribution >= 4 is 23.3 Å². The van der Waals surface area contributed by atoms with Crippen LogP contribution in [0.25, 0.3) is 5.57 Å². The minimum atomic E-state index is -0.634. The third-order valence-corrected chi connectivity index (χ3v) is 4.01. The molecule has 26 heavy (non-hydrogen) atoms. The minimum absolute atomic E-state index is 0.0470. The summed E-state index contributed by atoms with van der Waals surface area (Å²) >= 11 is 5.81. The molecule has 136 valence electrons. The summed E-state index contributed by atoms with van der Waals surface area (Å²) < 4.78 is 19.7. The van der Waals surface area contributed by atoms with Gasteiger partial charge in [0.1, 0.15) is 11.3 Å². The molecular formula is C19H19ClFN3O2. The molecule has 0 spiro atoms.